The Morgan fingerprint density at radius 1 is 1.56 bits per heavy atom. The molecule has 1 aliphatic rings. The summed E-state index contributed by atoms with van der Waals surface area (Å²) in [5.74, 6) is 1.20. The van der Waals surface area contributed by atoms with E-state index in [2.05, 4.69) is 30.6 Å². The molecule has 2 atom stereocenters. The van der Waals surface area contributed by atoms with Crippen LogP contribution in [-0.4, -0.2) is 23.8 Å². The Morgan fingerprint density at radius 3 is 3.17 bits per heavy atom. The lowest BCUT2D eigenvalue weighted by Gasteiger charge is -2.26. The lowest BCUT2D eigenvalue weighted by atomic mass is 10.0. The molecular formula is C14H20ClNS2. The van der Waals surface area contributed by atoms with Gasteiger partial charge in [-0.2, -0.15) is 11.8 Å². The van der Waals surface area contributed by atoms with Gasteiger partial charge in [0.1, 0.15) is 0 Å². The van der Waals surface area contributed by atoms with E-state index < -0.39 is 0 Å². The quantitative estimate of drug-likeness (QED) is 0.853. The number of hydrogen-bond acceptors (Lipinski definition) is 3. The van der Waals surface area contributed by atoms with Crippen LogP contribution >= 0.6 is 35.1 Å². The van der Waals surface area contributed by atoms with Gasteiger partial charge in [-0.3, -0.25) is 0 Å². The molecule has 1 aromatic carbocycles. The topological polar surface area (TPSA) is 12.0 Å². The van der Waals surface area contributed by atoms with Crippen molar-refractivity contribution in [1.82, 2.24) is 5.32 Å². The average Bonchev–Trinajstić information content (AvgIpc) is 2.39. The van der Waals surface area contributed by atoms with Crippen LogP contribution in [0.1, 0.15) is 31.4 Å². The van der Waals surface area contributed by atoms with Crippen LogP contribution in [0.4, 0.5) is 0 Å². The summed E-state index contributed by atoms with van der Waals surface area (Å²) < 4.78 is 0. The second-order valence-electron chi connectivity index (χ2n) is 4.66. The Labute approximate surface area is 123 Å². The third-order valence-corrected chi connectivity index (χ3v) is 5.75. The summed E-state index contributed by atoms with van der Waals surface area (Å²) in [5, 5.41) is 5.26. The van der Waals surface area contributed by atoms with Gasteiger partial charge < -0.3 is 5.32 Å². The van der Waals surface area contributed by atoms with Crippen LogP contribution in [0.25, 0.3) is 0 Å². The zero-order chi connectivity index (χ0) is 13.0. The highest BCUT2D eigenvalue weighted by molar-refractivity contribution is 7.99. The Hall–Kier alpha value is 0.170. The molecule has 0 bridgehead atoms. The third-order valence-electron chi connectivity index (χ3n) is 3.36. The van der Waals surface area contributed by atoms with Crippen LogP contribution < -0.4 is 5.32 Å². The van der Waals surface area contributed by atoms with Crippen LogP contribution in [0.2, 0.25) is 5.02 Å². The number of fused-ring (bicyclic) bond motifs is 1. The second kappa shape index (κ2) is 7.09. The van der Waals surface area contributed by atoms with Gasteiger partial charge in [0.2, 0.25) is 0 Å². The fourth-order valence-corrected chi connectivity index (χ4v) is 3.80. The van der Waals surface area contributed by atoms with Crippen molar-refractivity contribution in [2.75, 3.05) is 18.6 Å². The van der Waals surface area contributed by atoms with E-state index in [9.17, 15) is 0 Å². The standard InChI is InChI=1S/C14H20ClNS2/c1-10(17-2)5-7-16-13-6-8-18-14-4-3-11(15)9-12(13)14/h3-4,9-10,13,16H,5-8H2,1-2H3. The number of rotatable bonds is 5. The van der Waals surface area contributed by atoms with E-state index in [4.69, 9.17) is 11.6 Å². The second-order valence-corrected chi connectivity index (χ2v) is 7.51. The minimum atomic E-state index is 0.481. The lowest BCUT2D eigenvalue weighted by molar-refractivity contribution is 0.502. The van der Waals surface area contributed by atoms with Crippen molar-refractivity contribution in [3.63, 3.8) is 0 Å². The van der Waals surface area contributed by atoms with Crippen LogP contribution in [0.5, 0.6) is 0 Å². The van der Waals surface area contributed by atoms with E-state index in [1.807, 2.05) is 29.6 Å². The van der Waals surface area contributed by atoms with Gasteiger partial charge in [0.25, 0.3) is 0 Å². The maximum atomic E-state index is 6.11. The summed E-state index contributed by atoms with van der Waals surface area (Å²) in [5.41, 5.74) is 1.38. The summed E-state index contributed by atoms with van der Waals surface area (Å²) in [4.78, 5) is 1.39. The van der Waals surface area contributed by atoms with Crippen molar-refractivity contribution < 1.29 is 0 Å². The molecule has 0 amide bonds. The van der Waals surface area contributed by atoms with Gasteiger partial charge in [-0.05, 0) is 55.2 Å². The van der Waals surface area contributed by atoms with Crippen molar-refractivity contribution in [1.29, 1.82) is 0 Å². The molecule has 0 saturated heterocycles. The van der Waals surface area contributed by atoms with E-state index in [0.29, 0.717) is 6.04 Å². The van der Waals surface area contributed by atoms with Crippen molar-refractivity contribution in [3.8, 4) is 0 Å². The van der Waals surface area contributed by atoms with Gasteiger partial charge in [0.15, 0.2) is 0 Å². The van der Waals surface area contributed by atoms with Crippen LogP contribution in [0.15, 0.2) is 23.1 Å². The molecule has 0 aromatic heterocycles. The number of benzene rings is 1. The predicted molar refractivity (Wildman–Crippen MR) is 85.1 cm³/mol. The molecule has 1 N–H and O–H groups in total. The fourth-order valence-electron chi connectivity index (χ4n) is 2.16. The monoisotopic (exact) mass is 301 g/mol. The summed E-state index contributed by atoms with van der Waals surface area (Å²) in [6.07, 6.45) is 4.60. The first-order valence-electron chi connectivity index (χ1n) is 6.39. The van der Waals surface area contributed by atoms with Crippen LogP contribution in [-0.2, 0) is 0 Å². The van der Waals surface area contributed by atoms with Crippen LogP contribution in [0.3, 0.4) is 0 Å². The first kappa shape index (κ1) is 14.6. The first-order chi connectivity index (χ1) is 8.70. The molecule has 100 valence electrons. The van der Waals surface area contributed by atoms with Gasteiger partial charge in [-0.1, -0.05) is 18.5 Å². The SMILES string of the molecule is CSC(C)CCNC1CCSc2ccc(Cl)cc21. The molecule has 1 nitrogen and oxygen atoms in total. The van der Waals surface area contributed by atoms with Crippen molar-refractivity contribution in [3.05, 3.63) is 28.8 Å². The molecule has 2 rings (SSSR count). The van der Waals surface area contributed by atoms with E-state index in [1.54, 1.807) is 0 Å². The molecule has 1 aliphatic heterocycles. The van der Waals surface area contributed by atoms with Crippen LogP contribution in [0, 0.1) is 0 Å². The van der Waals surface area contributed by atoms with Gasteiger partial charge in [0.05, 0.1) is 0 Å². The number of hydrogen-bond donors (Lipinski definition) is 1. The average molecular weight is 302 g/mol. The Morgan fingerprint density at radius 2 is 2.39 bits per heavy atom. The van der Waals surface area contributed by atoms with Gasteiger partial charge >= 0.3 is 0 Å². The van der Waals surface area contributed by atoms with E-state index in [1.165, 1.54) is 29.1 Å². The van der Waals surface area contributed by atoms with E-state index in [0.717, 1.165) is 16.8 Å². The maximum Gasteiger partial charge on any atom is 0.0410 e. The fraction of sp³-hybridized carbons (Fsp3) is 0.571. The molecule has 1 heterocycles. The molecule has 0 aliphatic carbocycles. The Balaban J connectivity index is 1.97. The highest BCUT2D eigenvalue weighted by Gasteiger charge is 2.20. The summed E-state index contributed by atoms with van der Waals surface area (Å²) in [7, 11) is 0. The lowest BCUT2D eigenvalue weighted by Crippen LogP contribution is -2.26. The molecule has 0 saturated carbocycles. The summed E-state index contributed by atoms with van der Waals surface area (Å²) >= 11 is 9.99. The minimum Gasteiger partial charge on any atom is -0.310 e. The molecule has 18 heavy (non-hydrogen) atoms. The maximum absolute atomic E-state index is 6.11. The normalized spacial score (nSPS) is 20.5. The third kappa shape index (κ3) is 3.83. The summed E-state index contributed by atoms with van der Waals surface area (Å²) in [6, 6.07) is 6.75. The highest BCUT2D eigenvalue weighted by Crippen LogP contribution is 2.37. The van der Waals surface area contributed by atoms with Gasteiger partial charge in [-0.25, -0.2) is 0 Å². The van der Waals surface area contributed by atoms with Gasteiger partial charge in [0, 0.05) is 21.2 Å². The van der Waals surface area contributed by atoms with E-state index in [-0.39, 0.29) is 0 Å². The van der Waals surface area contributed by atoms with Crippen molar-refractivity contribution >= 4 is 35.1 Å². The zero-order valence-electron chi connectivity index (χ0n) is 10.9. The smallest absolute Gasteiger partial charge is 0.0410 e. The van der Waals surface area contributed by atoms with Gasteiger partial charge in [-0.15, -0.1) is 11.8 Å². The first-order valence-corrected chi connectivity index (χ1v) is 9.04. The molecule has 1 aromatic rings. The zero-order valence-corrected chi connectivity index (χ0v) is 13.3. The van der Waals surface area contributed by atoms with Crippen molar-refractivity contribution in [2.24, 2.45) is 0 Å². The molecule has 0 fully saturated rings. The number of halogens is 1. The number of thioether (sulfide) groups is 2. The Kier molecular flexibility index (Phi) is 5.74. The molecule has 4 heteroatoms. The summed E-state index contributed by atoms with van der Waals surface area (Å²) in [6.45, 7) is 3.37. The van der Waals surface area contributed by atoms with Crippen molar-refractivity contribution in [2.45, 2.75) is 36.0 Å². The molecule has 0 spiro atoms. The molecule has 2 unspecified atom stereocenters. The predicted octanol–water partition coefficient (Wildman–Crippen LogP) is 4.61. The largest absolute Gasteiger partial charge is 0.310 e. The highest BCUT2D eigenvalue weighted by atomic mass is 35.5. The molecule has 0 radical (unpaired) electrons. The minimum absolute atomic E-state index is 0.481. The number of nitrogens with one attached hydrogen (secondary N) is 1. The Bertz CT molecular complexity index is 397. The van der Waals surface area contributed by atoms with E-state index >= 15 is 0 Å². The molecular weight excluding hydrogens is 282 g/mol.